The van der Waals surface area contributed by atoms with Gasteiger partial charge < -0.3 is 14.2 Å². The van der Waals surface area contributed by atoms with E-state index < -0.39 is 11.2 Å². The first-order chi connectivity index (χ1) is 12.9. The Bertz CT molecular complexity index is 974. The zero-order valence-electron chi connectivity index (χ0n) is 15.2. The Morgan fingerprint density at radius 2 is 1.93 bits per heavy atom. The van der Waals surface area contributed by atoms with Crippen molar-refractivity contribution >= 4 is 11.9 Å². The molecule has 0 spiro atoms. The molecule has 1 saturated heterocycles. The van der Waals surface area contributed by atoms with Crippen LogP contribution in [0.2, 0.25) is 0 Å². The van der Waals surface area contributed by atoms with Gasteiger partial charge in [0.1, 0.15) is 5.56 Å². The van der Waals surface area contributed by atoms with Crippen LogP contribution in [0, 0.1) is 5.92 Å². The van der Waals surface area contributed by atoms with Gasteiger partial charge in [-0.15, -0.1) is 0 Å². The molecule has 1 amide bonds. The molecule has 0 radical (unpaired) electrons. The van der Waals surface area contributed by atoms with Crippen LogP contribution in [0.5, 0.6) is 0 Å². The molecular weight excluding hydrogens is 350 g/mol. The summed E-state index contributed by atoms with van der Waals surface area (Å²) in [6.07, 6.45) is 2.88. The highest BCUT2D eigenvalue weighted by Gasteiger charge is 2.28. The summed E-state index contributed by atoms with van der Waals surface area (Å²) in [5, 5.41) is 0. The van der Waals surface area contributed by atoms with Gasteiger partial charge in [-0.05, 0) is 36.5 Å². The fourth-order valence-corrected chi connectivity index (χ4v) is 3.30. The lowest BCUT2D eigenvalue weighted by Gasteiger charge is -2.16. The van der Waals surface area contributed by atoms with Gasteiger partial charge in [0.2, 0.25) is 0 Å². The largest absolute Gasteiger partial charge is 0.465 e. The first-order valence-electron chi connectivity index (χ1n) is 8.65. The van der Waals surface area contributed by atoms with Crippen LogP contribution in [0.25, 0.3) is 0 Å². The number of nitrogens with one attached hydrogen (secondary N) is 1. The van der Waals surface area contributed by atoms with E-state index in [1.165, 1.54) is 24.9 Å². The first-order valence-corrected chi connectivity index (χ1v) is 8.65. The van der Waals surface area contributed by atoms with Crippen LogP contribution in [0.4, 0.5) is 0 Å². The van der Waals surface area contributed by atoms with Crippen molar-refractivity contribution in [2.45, 2.75) is 12.8 Å². The number of benzene rings is 1. The number of aromatic nitrogens is 2. The molecule has 1 unspecified atom stereocenters. The number of rotatable bonds is 4. The molecule has 0 saturated carbocycles. The number of nitrogens with zero attached hydrogens (tertiary/aromatic N) is 2. The summed E-state index contributed by atoms with van der Waals surface area (Å²) in [5.74, 6) is -0.471. The lowest BCUT2D eigenvalue weighted by Crippen LogP contribution is -2.37. The highest BCUT2D eigenvalue weighted by atomic mass is 16.5. The second kappa shape index (κ2) is 7.61. The molecule has 1 aliphatic heterocycles. The van der Waals surface area contributed by atoms with Gasteiger partial charge in [0.05, 0.1) is 12.7 Å². The number of methoxy groups -OCH3 is 1. The maximum atomic E-state index is 12.6. The van der Waals surface area contributed by atoms with E-state index in [0.717, 1.165) is 18.4 Å². The summed E-state index contributed by atoms with van der Waals surface area (Å²) in [7, 11) is 2.83. The second-order valence-corrected chi connectivity index (χ2v) is 6.71. The van der Waals surface area contributed by atoms with Crippen LogP contribution in [0.3, 0.4) is 0 Å². The topological polar surface area (TPSA) is 101 Å². The maximum absolute atomic E-state index is 12.6. The lowest BCUT2D eigenvalue weighted by atomic mass is 9.98. The number of amides is 1. The molecule has 8 heteroatoms. The Labute approximate surface area is 155 Å². The molecular formula is C19H21N3O5. The van der Waals surface area contributed by atoms with Crippen LogP contribution < -0.4 is 11.2 Å². The van der Waals surface area contributed by atoms with E-state index in [1.54, 1.807) is 17.0 Å². The summed E-state index contributed by atoms with van der Waals surface area (Å²) < 4.78 is 5.87. The molecule has 27 heavy (non-hydrogen) atoms. The maximum Gasteiger partial charge on any atom is 0.337 e. The van der Waals surface area contributed by atoms with Crippen molar-refractivity contribution < 1.29 is 14.3 Å². The van der Waals surface area contributed by atoms with E-state index in [0.29, 0.717) is 18.7 Å². The van der Waals surface area contributed by atoms with Crippen LogP contribution in [0.15, 0.2) is 40.1 Å². The molecule has 1 aromatic carbocycles. The fraction of sp³-hybridized carbons (Fsp3) is 0.368. The number of ether oxygens (including phenoxy) is 1. The highest BCUT2D eigenvalue weighted by Crippen LogP contribution is 2.22. The number of esters is 1. The minimum atomic E-state index is -0.662. The molecule has 142 valence electrons. The molecule has 3 rings (SSSR count). The molecule has 1 atom stereocenters. The Balaban J connectivity index is 1.66. The molecule has 1 aromatic heterocycles. The minimum absolute atomic E-state index is 0.0276. The average molecular weight is 371 g/mol. The van der Waals surface area contributed by atoms with Crippen molar-refractivity contribution in [1.82, 2.24) is 14.5 Å². The number of hydrogen-bond acceptors (Lipinski definition) is 5. The molecule has 1 N–H and O–H groups in total. The number of likely N-dealkylation sites (tertiary alicyclic amines) is 1. The van der Waals surface area contributed by atoms with Gasteiger partial charge in [-0.1, -0.05) is 12.1 Å². The van der Waals surface area contributed by atoms with Gasteiger partial charge in [-0.2, -0.15) is 0 Å². The zero-order valence-corrected chi connectivity index (χ0v) is 15.2. The standard InChI is InChI=1S/C19H21N3O5/c1-21-11-15(16(23)20-19(21)26)17(24)22-8-7-13(10-22)9-12-3-5-14(6-4-12)18(25)27-2/h3-6,11,13H,7-10H2,1-2H3,(H,20,23,26). The molecule has 0 aliphatic carbocycles. The van der Waals surface area contributed by atoms with E-state index in [2.05, 4.69) is 9.72 Å². The van der Waals surface area contributed by atoms with Gasteiger partial charge in [-0.3, -0.25) is 14.6 Å². The quantitative estimate of drug-likeness (QED) is 0.792. The highest BCUT2D eigenvalue weighted by molar-refractivity contribution is 5.93. The third kappa shape index (κ3) is 3.99. The summed E-state index contributed by atoms with van der Waals surface area (Å²) in [4.78, 5) is 51.2. The number of aromatic amines is 1. The average Bonchev–Trinajstić information content (AvgIpc) is 3.12. The van der Waals surface area contributed by atoms with Crippen molar-refractivity contribution in [2.75, 3.05) is 20.2 Å². The minimum Gasteiger partial charge on any atom is -0.465 e. The summed E-state index contributed by atoms with van der Waals surface area (Å²) in [6, 6.07) is 7.22. The smallest absolute Gasteiger partial charge is 0.337 e. The van der Waals surface area contributed by atoms with E-state index in [9.17, 15) is 19.2 Å². The van der Waals surface area contributed by atoms with Crippen molar-refractivity contribution in [3.8, 4) is 0 Å². The van der Waals surface area contributed by atoms with Crippen LogP contribution in [0.1, 0.15) is 32.7 Å². The predicted molar refractivity (Wildman–Crippen MR) is 97.8 cm³/mol. The van der Waals surface area contributed by atoms with Gasteiger partial charge in [0.25, 0.3) is 11.5 Å². The lowest BCUT2D eigenvalue weighted by molar-refractivity contribution is 0.0600. The number of carbonyl (C=O) groups is 2. The Kier molecular flexibility index (Phi) is 5.25. The number of carbonyl (C=O) groups excluding carboxylic acids is 2. The molecule has 0 bridgehead atoms. The van der Waals surface area contributed by atoms with Gasteiger partial charge in [0, 0.05) is 26.3 Å². The van der Waals surface area contributed by atoms with Gasteiger partial charge >= 0.3 is 11.7 Å². The van der Waals surface area contributed by atoms with Crippen molar-refractivity contribution in [3.63, 3.8) is 0 Å². The normalized spacial score (nSPS) is 16.4. The first kappa shape index (κ1) is 18.6. The summed E-state index contributed by atoms with van der Waals surface area (Å²) in [5.41, 5.74) is 0.330. The molecule has 2 heterocycles. The molecule has 8 nitrogen and oxygen atoms in total. The third-order valence-corrected chi connectivity index (χ3v) is 4.81. The SMILES string of the molecule is COC(=O)c1ccc(CC2CCN(C(=O)c3cn(C)c(=O)[nH]c3=O)C2)cc1. The monoisotopic (exact) mass is 371 g/mol. The Morgan fingerprint density at radius 1 is 1.22 bits per heavy atom. The zero-order chi connectivity index (χ0) is 19.6. The third-order valence-electron chi connectivity index (χ3n) is 4.81. The van der Waals surface area contributed by atoms with E-state index in [-0.39, 0.29) is 23.4 Å². The second-order valence-electron chi connectivity index (χ2n) is 6.71. The molecule has 2 aromatic rings. The van der Waals surface area contributed by atoms with Crippen molar-refractivity contribution in [1.29, 1.82) is 0 Å². The van der Waals surface area contributed by atoms with Crippen LogP contribution in [-0.4, -0.2) is 46.5 Å². The van der Waals surface area contributed by atoms with Gasteiger partial charge in [0.15, 0.2) is 0 Å². The Morgan fingerprint density at radius 3 is 2.59 bits per heavy atom. The van der Waals surface area contributed by atoms with Crippen molar-refractivity contribution in [3.05, 3.63) is 68.0 Å². The number of hydrogen-bond donors (Lipinski definition) is 1. The Hall–Kier alpha value is -3.16. The fourth-order valence-electron chi connectivity index (χ4n) is 3.30. The molecule has 1 fully saturated rings. The van der Waals surface area contributed by atoms with Gasteiger partial charge in [-0.25, -0.2) is 9.59 Å². The van der Waals surface area contributed by atoms with Crippen molar-refractivity contribution in [2.24, 2.45) is 13.0 Å². The van der Waals surface area contributed by atoms with Crippen LogP contribution in [-0.2, 0) is 18.2 Å². The van der Waals surface area contributed by atoms with E-state index in [4.69, 9.17) is 0 Å². The summed E-state index contributed by atoms with van der Waals surface area (Å²) in [6.45, 7) is 1.10. The molecule has 1 aliphatic rings. The predicted octanol–water partition coefficient (Wildman–Crippen LogP) is 0.565. The van der Waals surface area contributed by atoms with Crippen LogP contribution >= 0.6 is 0 Å². The number of aryl methyl sites for hydroxylation is 1. The van der Waals surface area contributed by atoms with E-state index in [1.807, 2.05) is 12.1 Å². The summed E-state index contributed by atoms with van der Waals surface area (Å²) >= 11 is 0. The number of H-pyrrole nitrogens is 1. The van der Waals surface area contributed by atoms with E-state index >= 15 is 0 Å².